The Kier molecular flexibility index (Phi) is 4.81. The number of aromatic amines is 1. The molecule has 6 heteroatoms. The third-order valence-corrected chi connectivity index (χ3v) is 4.82. The number of hydrogen-bond acceptors (Lipinski definition) is 3. The van der Waals surface area contributed by atoms with E-state index in [0.29, 0.717) is 18.1 Å². The molecular formula is C21H18BrN3O2. The van der Waals surface area contributed by atoms with E-state index in [2.05, 4.69) is 31.2 Å². The number of nitrogens with zero attached hydrogens (tertiary/aromatic N) is 1. The zero-order valence-electron chi connectivity index (χ0n) is 14.7. The topological polar surface area (TPSA) is 67.0 Å². The monoisotopic (exact) mass is 423 g/mol. The summed E-state index contributed by atoms with van der Waals surface area (Å²) in [6.07, 6.45) is -0.612. The minimum atomic E-state index is -0.612. The van der Waals surface area contributed by atoms with Gasteiger partial charge in [0.1, 0.15) is 11.6 Å². The fourth-order valence-electron chi connectivity index (χ4n) is 2.93. The van der Waals surface area contributed by atoms with Crippen molar-refractivity contribution < 1.29 is 9.53 Å². The zero-order valence-corrected chi connectivity index (χ0v) is 16.3. The van der Waals surface area contributed by atoms with Crippen molar-refractivity contribution in [3.63, 3.8) is 0 Å². The number of ether oxygens (including phenoxy) is 1. The maximum atomic E-state index is 12.4. The third kappa shape index (κ3) is 3.95. The highest BCUT2D eigenvalue weighted by Gasteiger charge is 2.15. The van der Waals surface area contributed by atoms with Gasteiger partial charge < -0.3 is 15.0 Å². The zero-order chi connectivity index (χ0) is 18.8. The highest BCUT2D eigenvalue weighted by atomic mass is 79.9. The number of aromatic nitrogens is 2. The largest absolute Gasteiger partial charge is 0.481 e. The number of benzene rings is 3. The van der Waals surface area contributed by atoms with E-state index < -0.39 is 6.10 Å². The Morgan fingerprint density at radius 3 is 2.81 bits per heavy atom. The predicted molar refractivity (Wildman–Crippen MR) is 110 cm³/mol. The van der Waals surface area contributed by atoms with Crippen LogP contribution in [-0.4, -0.2) is 22.0 Å². The van der Waals surface area contributed by atoms with Gasteiger partial charge in [0.25, 0.3) is 5.91 Å². The van der Waals surface area contributed by atoms with Crippen molar-refractivity contribution in [3.8, 4) is 5.75 Å². The molecule has 1 atom stereocenters. The van der Waals surface area contributed by atoms with Gasteiger partial charge in [0, 0.05) is 4.47 Å². The molecule has 1 aromatic heterocycles. The predicted octanol–water partition coefficient (Wildman–Crippen LogP) is 4.56. The van der Waals surface area contributed by atoms with E-state index in [-0.39, 0.29) is 5.91 Å². The summed E-state index contributed by atoms with van der Waals surface area (Å²) >= 11 is 3.47. The number of nitrogens with one attached hydrogen (secondary N) is 2. The molecule has 136 valence electrons. The van der Waals surface area contributed by atoms with Gasteiger partial charge in [-0.15, -0.1) is 0 Å². The Morgan fingerprint density at radius 1 is 1.15 bits per heavy atom. The number of carbonyl (C=O) groups excluding carboxylic acids is 1. The number of para-hydroxylation sites is 2. The van der Waals surface area contributed by atoms with Crippen LogP contribution < -0.4 is 10.1 Å². The number of H-pyrrole nitrogens is 1. The van der Waals surface area contributed by atoms with Crippen molar-refractivity contribution in [2.24, 2.45) is 0 Å². The van der Waals surface area contributed by atoms with E-state index in [1.54, 1.807) is 6.92 Å². The van der Waals surface area contributed by atoms with E-state index in [1.807, 2.05) is 60.7 Å². The van der Waals surface area contributed by atoms with Crippen molar-refractivity contribution in [3.05, 3.63) is 71.0 Å². The molecule has 0 saturated carbocycles. The smallest absolute Gasteiger partial charge is 0.261 e. The van der Waals surface area contributed by atoms with Crippen LogP contribution in [0.2, 0.25) is 0 Å². The fourth-order valence-corrected chi connectivity index (χ4v) is 3.31. The van der Waals surface area contributed by atoms with Gasteiger partial charge in [-0.25, -0.2) is 4.98 Å². The molecule has 0 bridgehead atoms. The van der Waals surface area contributed by atoms with Gasteiger partial charge in [0.2, 0.25) is 0 Å². The highest BCUT2D eigenvalue weighted by molar-refractivity contribution is 9.10. The Hall–Kier alpha value is -2.86. The van der Waals surface area contributed by atoms with Crippen LogP contribution in [0.25, 0.3) is 21.8 Å². The van der Waals surface area contributed by atoms with Gasteiger partial charge in [-0.2, -0.15) is 0 Å². The summed E-state index contributed by atoms with van der Waals surface area (Å²) in [4.78, 5) is 20.0. The average molecular weight is 424 g/mol. The molecule has 0 fully saturated rings. The van der Waals surface area contributed by atoms with Gasteiger partial charge in [-0.1, -0.05) is 40.2 Å². The standard InChI is InChI=1S/C21H18BrN3O2/c1-13(27-17-9-7-14-6-8-16(22)10-15(14)11-17)21(26)23-12-20-24-18-4-2-3-5-19(18)25-20/h2-11,13H,12H2,1H3,(H,23,26)(H,24,25). The normalized spacial score (nSPS) is 12.2. The van der Waals surface area contributed by atoms with Crippen LogP contribution in [0.15, 0.2) is 65.1 Å². The molecule has 1 amide bonds. The molecule has 0 saturated heterocycles. The second-order valence-corrected chi connectivity index (χ2v) is 7.25. The molecule has 1 unspecified atom stereocenters. The molecule has 2 N–H and O–H groups in total. The van der Waals surface area contributed by atoms with Gasteiger partial charge in [0.15, 0.2) is 6.10 Å². The molecule has 4 rings (SSSR count). The number of hydrogen-bond donors (Lipinski definition) is 2. The maximum Gasteiger partial charge on any atom is 0.261 e. The Bertz CT molecular complexity index is 1090. The first-order valence-electron chi connectivity index (χ1n) is 8.66. The van der Waals surface area contributed by atoms with Gasteiger partial charge in [-0.05, 0) is 54.1 Å². The molecule has 3 aromatic carbocycles. The van der Waals surface area contributed by atoms with E-state index in [0.717, 1.165) is 26.3 Å². The number of rotatable bonds is 5. The number of fused-ring (bicyclic) bond motifs is 2. The number of amides is 1. The molecule has 0 aliphatic heterocycles. The summed E-state index contributed by atoms with van der Waals surface area (Å²) in [6.45, 7) is 2.06. The first kappa shape index (κ1) is 17.5. The Morgan fingerprint density at radius 2 is 1.96 bits per heavy atom. The van der Waals surface area contributed by atoms with Crippen molar-refractivity contribution in [2.45, 2.75) is 19.6 Å². The lowest BCUT2D eigenvalue weighted by molar-refractivity contribution is -0.127. The fraction of sp³-hybridized carbons (Fsp3) is 0.143. The Labute approximate surface area is 164 Å². The van der Waals surface area contributed by atoms with E-state index in [1.165, 1.54) is 0 Å². The molecule has 4 aromatic rings. The summed E-state index contributed by atoms with van der Waals surface area (Å²) in [5.41, 5.74) is 1.83. The average Bonchev–Trinajstić information content (AvgIpc) is 3.08. The van der Waals surface area contributed by atoms with Gasteiger partial charge in [-0.3, -0.25) is 4.79 Å². The van der Waals surface area contributed by atoms with E-state index in [4.69, 9.17) is 4.74 Å². The first-order valence-corrected chi connectivity index (χ1v) is 9.45. The third-order valence-electron chi connectivity index (χ3n) is 4.32. The summed E-state index contributed by atoms with van der Waals surface area (Å²) in [7, 11) is 0. The quantitative estimate of drug-likeness (QED) is 0.494. The number of imidazole rings is 1. The minimum absolute atomic E-state index is 0.190. The second-order valence-electron chi connectivity index (χ2n) is 6.33. The van der Waals surface area contributed by atoms with Crippen molar-refractivity contribution >= 4 is 43.6 Å². The van der Waals surface area contributed by atoms with Crippen LogP contribution in [0, 0.1) is 0 Å². The van der Waals surface area contributed by atoms with E-state index in [9.17, 15) is 4.79 Å². The SMILES string of the molecule is CC(Oc1ccc2ccc(Br)cc2c1)C(=O)NCc1nc2ccccc2[nH]1. The second kappa shape index (κ2) is 7.40. The van der Waals surface area contributed by atoms with Gasteiger partial charge in [0.05, 0.1) is 17.6 Å². The van der Waals surface area contributed by atoms with Crippen LogP contribution >= 0.6 is 15.9 Å². The lowest BCUT2D eigenvalue weighted by atomic mass is 10.1. The van der Waals surface area contributed by atoms with Crippen LogP contribution in [0.1, 0.15) is 12.7 Å². The lowest BCUT2D eigenvalue weighted by Crippen LogP contribution is -2.36. The van der Waals surface area contributed by atoms with E-state index >= 15 is 0 Å². The maximum absolute atomic E-state index is 12.4. The molecular weight excluding hydrogens is 406 g/mol. The highest BCUT2D eigenvalue weighted by Crippen LogP contribution is 2.24. The molecule has 0 spiro atoms. The molecule has 1 heterocycles. The van der Waals surface area contributed by atoms with Crippen molar-refractivity contribution in [2.75, 3.05) is 0 Å². The summed E-state index contributed by atoms with van der Waals surface area (Å²) in [6, 6.07) is 19.6. The summed E-state index contributed by atoms with van der Waals surface area (Å²) in [5.74, 6) is 1.18. The first-order chi connectivity index (χ1) is 13.1. The Balaban J connectivity index is 1.40. The molecule has 0 radical (unpaired) electrons. The van der Waals surface area contributed by atoms with Crippen LogP contribution in [0.4, 0.5) is 0 Å². The van der Waals surface area contributed by atoms with Crippen LogP contribution in [0.3, 0.4) is 0 Å². The molecule has 5 nitrogen and oxygen atoms in total. The van der Waals surface area contributed by atoms with Crippen molar-refractivity contribution in [1.82, 2.24) is 15.3 Å². The number of carbonyl (C=O) groups is 1. The molecule has 0 aliphatic rings. The summed E-state index contributed by atoms with van der Waals surface area (Å²) in [5, 5.41) is 5.03. The van der Waals surface area contributed by atoms with Crippen molar-refractivity contribution in [1.29, 1.82) is 0 Å². The molecule has 27 heavy (non-hydrogen) atoms. The minimum Gasteiger partial charge on any atom is -0.481 e. The molecule has 0 aliphatic carbocycles. The van der Waals surface area contributed by atoms with Crippen LogP contribution in [0.5, 0.6) is 5.75 Å². The lowest BCUT2D eigenvalue weighted by Gasteiger charge is -2.15. The summed E-state index contributed by atoms with van der Waals surface area (Å²) < 4.78 is 6.82. The van der Waals surface area contributed by atoms with Gasteiger partial charge >= 0.3 is 0 Å². The number of halogens is 1. The van der Waals surface area contributed by atoms with Crippen LogP contribution in [-0.2, 0) is 11.3 Å².